The number of hydrogen-bond acceptors (Lipinski definition) is 2. The van der Waals surface area contributed by atoms with Crippen LogP contribution in [0.2, 0.25) is 50.2 Å². The molecular weight excluding hydrogens is 563 g/mol. The molecule has 0 saturated carbocycles. The summed E-state index contributed by atoms with van der Waals surface area (Å²) in [6, 6.07) is 0. The number of halogens is 10. The Kier molecular flexibility index (Phi) is 8.40. The monoisotopic (exact) mass is 558 g/mol. The fourth-order valence-electron chi connectivity index (χ4n) is 1.40. The van der Waals surface area contributed by atoms with Crippen molar-refractivity contribution < 1.29 is 0 Å². The standard InChI is InChI=1S/C12Cl10S2/c13-1-3(15)7(19)11(8(20)4(1)16)23-24-12-9(21)5(17)2(14)6(18)10(12)22. The van der Waals surface area contributed by atoms with Gasteiger partial charge < -0.3 is 0 Å². The largest absolute Gasteiger partial charge is 0.0813 e. The van der Waals surface area contributed by atoms with Crippen molar-refractivity contribution >= 4 is 138 Å². The molecule has 0 aliphatic heterocycles. The maximum Gasteiger partial charge on any atom is 0.0809 e. The van der Waals surface area contributed by atoms with Crippen LogP contribution in [0.3, 0.4) is 0 Å². The van der Waals surface area contributed by atoms with Crippen LogP contribution in [0.25, 0.3) is 0 Å². The van der Waals surface area contributed by atoms with Crippen LogP contribution >= 0.6 is 138 Å². The highest BCUT2D eigenvalue weighted by molar-refractivity contribution is 8.76. The predicted octanol–water partition coefficient (Wildman–Crippen LogP) is 11.0. The zero-order valence-electron chi connectivity index (χ0n) is 10.6. The van der Waals surface area contributed by atoms with E-state index in [0.29, 0.717) is 9.79 Å². The van der Waals surface area contributed by atoms with Crippen molar-refractivity contribution in [2.75, 3.05) is 0 Å². The molecule has 0 atom stereocenters. The molecule has 0 heterocycles. The van der Waals surface area contributed by atoms with Crippen LogP contribution in [0.4, 0.5) is 0 Å². The first kappa shape index (κ1) is 22.3. The fraction of sp³-hybridized carbons (Fsp3) is 0. The van der Waals surface area contributed by atoms with Gasteiger partial charge in [-0.15, -0.1) is 0 Å². The second-order valence-electron chi connectivity index (χ2n) is 3.96. The van der Waals surface area contributed by atoms with Gasteiger partial charge in [-0.3, -0.25) is 0 Å². The average molecular weight is 563 g/mol. The quantitative estimate of drug-likeness (QED) is 0.207. The molecular formula is C12Cl10S2. The van der Waals surface area contributed by atoms with Gasteiger partial charge in [0.05, 0.1) is 60.0 Å². The maximum atomic E-state index is 6.18. The Bertz CT molecular complexity index is 708. The van der Waals surface area contributed by atoms with E-state index in [-0.39, 0.29) is 50.2 Å². The van der Waals surface area contributed by atoms with Crippen LogP contribution in [-0.2, 0) is 0 Å². The summed E-state index contributed by atoms with van der Waals surface area (Å²) in [6.07, 6.45) is 0. The van der Waals surface area contributed by atoms with Crippen molar-refractivity contribution in [1.82, 2.24) is 0 Å². The SMILES string of the molecule is Clc1c(Cl)c(Cl)c(SSc2c(Cl)c(Cl)c(Cl)c(Cl)c2Cl)c(Cl)c1Cl. The highest BCUT2D eigenvalue weighted by atomic mass is 35.5. The molecule has 0 bridgehead atoms. The molecule has 0 spiro atoms. The molecule has 12 heteroatoms. The summed E-state index contributed by atoms with van der Waals surface area (Å²) in [6.45, 7) is 0. The molecule has 0 nitrogen and oxygen atoms in total. The van der Waals surface area contributed by atoms with E-state index in [1.165, 1.54) is 0 Å². The molecule has 0 aromatic heterocycles. The summed E-state index contributed by atoms with van der Waals surface area (Å²) in [4.78, 5) is 0.772. The minimum Gasteiger partial charge on any atom is -0.0813 e. The van der Waals surface area contributed by atoms with Gasteiger partial charge in [0.25, 0.3) is 0 Å². The lowest BCUT2D eigenvalue weighted by molar-refractivity contribution is 1.46. The Balaban J connectivity index is 2.48. The van der Waals surface area contributed by atoms with Gasteiger partial charge in [0.2, 0.25) is 0 Å². The second kappa shape index (κ2) is 9.03. The highest BCUT2D eigenvalue weighted by Crippen LogP contribution is 2.56. The molecule has 2 aromatic rings. The van der Waals surface area contributed by atoms with Crippen LogP contribution in [0, 0.1) is 0 Å². The zero-order valence-corrected chi connectivity index (χ0v) is 19.8. The minimum atomic E-state index is 0.0660. The zero-order chi connectivity index (χ0) is 18.3. The summed E-state index contributed by atoms with van der Waals surface area (Å²) < 4.78 is 0. The topological polar surface area (TPSA) is 0 Å². The average Bonchev–Trinajstić information content (AvgIpc) is 2.57. The van der Waals surface area contributed by atoms with Crippen molar-refractivity contribution in [3.8, 4) is 0 Å². The molecule has 0 fully saturated rings. The summed E-state index contributed by atoms with van der Waals surface area (Å²) in [5.74, 6) is 0. The Labute approximate surface area is 195 Å². The molecule has 0 saturated heterocycles. The number of benzene rings is 2. The van der Waals surface area contributed by atoms with Gasteiger partial charge in [-0.1, -0.05) is 116 Å². The van der Waals surface area contributed by atoms with E-state index in [1.54, 1.807) is 0 Å². The van der Waals surface area contributed by atoms with Crippen LogP contribution in [0.5, 0.6) is 0 Å². The van der Waals surface area contributed by atoms with E-state index < -0.39 is 0 Å². The third kappa shape index (κ3) is 4.21. The Morgan fingerprint density at radius 1 is 0.292 bits per heavy atom. The van der Waals surface area contributed by atoms with Gasteiger partial charge in [0.15, 0.2) is 0 Å². The third-order valence-electron chi connectivity index (χ3n) is 2.55. The first-order valence-corrected chi connectivity index (χ1v) is 11.4. The van der Waals surface area contributed by atoms with Gasteiger partial charge in [-0.2, -0.15) is 0 Å². The van der Waals surface area contributed by atoms with Crippen LogP contribution < -0.4 is 0 Å². The van der Waals surface area contributed by atoms with E-state index in [1.807, 2.05) is 0 Å². The van der Waals surface area contributed by atoms with E-state index in [9.17, 15) is 0 Å². The molecule has 0 unspecified atom stereocenters. The van der Waals surface area contributed by atoms with Crippen LogP contribution in [0.15, 0.2) is 9.79 Å². The van der Waals surface area contributed by atoms with Crippen molar-refractivity contribution in [3.63, 3.8) is 0 Å². The Morgan fingerprint density at radius 2 is 0.458 bits per heavy atom. The Hall–Kier alpha value is 2.04. The van der Waals surface area contributed by atoms with Crippen molar-refractivity contribution in [2.24, 2.45) is 0 Å². The molecule has 0 aliphatic carbocycles. The summed E-state index contributed by atoms with van der Waals surface area (Å²) >= 11 is 60.7. The number of hydrogen-bond donors (Lipinski definition) is 0. The van der Waals surface area contributed by atoms with Crippen LogP contribution in [0.1, 0.15) is 0 Å². The number of rotatable bonds is 3. The van der Waals surface area contributed by atoms with E-state index in [2.05, 4.69) is 0 Å². The minimum absolute atomic E-state index is 0.0660. The molecule has 2 aromatic carbocycles. The van der Waals surface area contributed by atoms with E-state index in [0.717, 1.165) is 21.6 Å². The van der Waals surface area contributed by atoms with E-state index >= 15 is 0 Å². The molecule has 0 radical (unpaired) electrons. The van der Waals surface area contributed by atoms with Gasteiger partial charge in [0.1, 0.15) is 0 Å². The van der Waals surface area contributed by atoms with Crippen molar-refractivity contribution in [2.45, 2.75) is 9.79 Å². The van der Waals surface area contributed by atoms with Crippen LogP contribution in [-0.4, -0.2) is 0 Å². The summed E-state index contributed by atoms with van der Waals surface area (Å²) in [7, 11) is 2.22. The smallest absolute Gasteiger partial charge is 0.0809 e. The van der Waals surface area contributed by atoms with Gasteiger partial charge >= 0.3 is 0 Å². The lowest BCUT2D eigenvalue weighted by atomic mass is 10.3. The van der Waals surface area contributed by atoms with Crippen molar-refractivity contribution in [1.29, 1.82) is 0 Å². The van der Waals surface area contributed by atoms with E-state index in [4.69, 9.17) is 116 Å². The molecule has 0 amide bonds. The lowest BCUT2D eigenvalue weighted by Gasteiger charge is -2.14. The third-order valence-corrected chi connectivity index (χ3v) is 10.0. The Morgan fingerprint density at radius 3 is 0.667 bits per heavy atom. The summed E-state index contributed by atoms with van der Waals surface area (Å²) in [5, 5.41) is 1.05. The molecule has 130 valence electrons. The second-order valence-corrected chi connectivity index (χ2v) is 9.89. The van der Waals surface area contributed by atoms with Gasteiger partial charge in [-0.05, 0) is 21.6 Å². The maximum absolute atomic E-state index is 6.18. The first-order valence-electron chi connectivity index (χ1n) is 5.46. The van der Waals surface area contributed by atoms with Gasteiger partial charge in [-0.25, -0.2) is 0 Å². The normalized spacial score (nSPS) is 11.2. The highest BCUT2D eigenvalue weighted by Gasteiger charge is 2.23. The molecule has 24 heavy (non-hydrogen) atoms. The fourth-order valence-corrected chi connectivity index (χ4v) is 7.28. The predicted molar refractivity (Wildman–Crippen MR) is 115 cm³/mol. The van der Waals surface area contributed by atoms with Gasteiger partial charge in [0, 0.05) is 0 Å². The first-order chi connectivity index (χ1) is 11.1. The lowest BCUT2D eigenvalue weighted by Crippen LogP contribution is -1.85. The molecule has 0 N–H and O–H groups in total. The van der Waals surface area contributed by atoms with Crippen molar-refractivity contribution in [3.05, 3.63) is 50.2 Å². The molecule has 0 aliphatic rings. The molecule has 2 rings (SSSR count). The summed E-state index contributed by atoms with van der Waals surface area (Å²) in [5.41, 5.74) is 0.